The zero-order chi connectivity index (χ0) is 15.7. The number of fused-ring (bicyclic) bond motifs is 1. The molecule has 0 bridgehead atoms. The molecule has 114 valence electrons. The number of aromatic nitrogens is 2. The zero-order valence-electron chi connectivity index (χ0n) is 12.0. The molecule has 0 saturated heterocycles. The van der Waals surface area contributed by atoms with Crippen LogP contribution in [0.3, 0.4) is 0 Å². The number of amides is 2. The summed E-state index contributed by atoms with van der Waals surface area (Å²) in [5, 5.41) is 9.10. The van der Waals surface area contributed by atoms with Gasteiger partial charge in [0.2, 0.25) is 5.89 Å². The fourth-order valence-electron chi connectivity index (χ4n) is 2.06. The molecule has 0 spiro atoms. The molecule has 0 fully saturated rings. The predicted octanol–water partition coefficient (Wildman–Crippen LogP) is 1.20. The number of anilines is 1. The second-order valence-electron chi connectivity index (χ2n) is 4.92. The van der Waals surface area contributed by atoms with Crippen LogP contribution in [-0.2, 0) is 4.79 Å². The second kappa shape index (κ2) is 5.47. The number of aryl methyl sites for hydroxylation is 1. The summed E-state index contributed by atoms with van der Waals surface area (Å²) in [6, 6.07) is 4.41. The number of nitrogens with one attached hydrogen (secondary N) is 2. The summed E-state index contributed by atoms with van der Waals surface area (Å²) < 4.78 is 10.3. The molecule has 3 rings (SSSR count). The lowest BCUT2D eigenvalue weighted by Gasteiger charge is -2.18. The number of hydrogen-bond acceptors (Lipinski definition) is 6. The van der Waals surface area contributed by atoms with Gasteiger partial charge in [-0.05, 0) is 32.0 Å². The maximum Gasteiger partial charge on any atom is 0.262 e. The third-order valence-corrected chi connectivity index (χ3v) is 3.14. The van der Waals surface area contributed by atoms with Crippen molar-refractivity contribution in [3.05, 3.63) is 35.5 Å². The molecule has 8 nitrogen and oxygen atoms in total. The molecule has 0 saturated carbocycles. The summed E-state index contributed by atoms with van der Waals surface area (Å²) in [7, 11) is 0. The average molecular weight is 302 g/mol. The van der Waals surface area contributed by atoms with E-state index in [-0.39, 0.29) is 18.4 Å². The van der Waals surface area contributed by atoms with E-state index in [0.29, 0.717) is 28.7 Å². The Hall–Kier alpha value is -2.90. The molecular weight excluding hydrogens is 288 g/mol. The van der Waals surface area contributed by atoms with E-state index in [1.165, 1.54) is 0 Å². The predicted molar refractivity (Wildman–Crippen MR) is 75.5 cm³/mol. The smallest absolute Gasteiger partial charge is 0.262 e. The fourth-order valence-corrected chi connectivity index (χ4v) is 2.06. The van der Waals surface area contributed by atoms with Crippen molar-refractivity contribution >= 4 is 17.5 Å². The van der Waals surface area contributed by atoms with Gasteiger partial charge in [-0.2, -0.15) is 4.98 Å². The van der Waals surface area contributed by atoms with E-state index in [2.05, 4.69) is 20.8 Å². The van der Waals surface area contributed by atoms with Gasteiger partial charge in [0.05, 0.1) is 5.69 Å². The van der Waals surface area contributed by atoms with Gasteiger partial charge >= 0.3 is 0 Å². The van der Waals surface area contributed by atoms with Crippen molar-refractivity contribution in [1.82, 2.24) is 15.5 Å². The van der Waals surface area contributed by atoms with Gasteiger partial charge in [0.1, 0.15) is 11.8 Å². The summed E-state index contributed by atoms with van der Waals surface area (Å²) in [4.78, 5) is 27.6. The van der Waals surface area contributed by atoms with Crippen LogP contribution in [0.1, 0.15) is 35.0 Å². The van der Waals surface area contributed by atoms with Gasteiger partial charge in [-0.3, -0.25) is 9.59 Å². The minimum atomic E-state index is -0.421. The van der Waals surface area contributed by atoms with Crippen molar-refractivity contribution in [2.75, 3.05) is 11.9 Å². The molecule has 1 unspecified atom stereocenters. The Morgan fingerprint density at radius 2 is 2.27 bits per heavy atom. The van der Waals surface area contributed by atoms with Gasteiger partial charge in [0.15, 0.2) is 12.4 Å². The van der Waals surface area contributed by atoms with E-state index >= 15 is 0 Å². The highest BCUT2D eigenvalue weighted by Crippen LogP contribution is 2.28. The van der Waals surface area contributed by atoms with Crippen molar-refractivity contribution in [2.24, 2.45) is 0 Å². The summed E-state index contributed by atoms with van der Waals surface area (Å²) in [5.74, 6) is 0.813. The average Bonchev–Trinajstić information content (AvgIpc) is 2.93. The van der Waals surface area contributed by atoms with Gasteiger partial charge in [-0.1, -0.05) is 5.16 Å². The highest BCUT2D eigenvalue weighted by Gasteiger charge is 2.20. The topological polar surface area (TPSA) is 106 Å². The maximum atomic E-state index is 12.2. The van der Waals surface area contributed by atoms with E-state index in [0.717, 1.165) is 0 Å². The van der Waals surface area contributed by atoms with Crippen LogP contribution in [0.25, 0.3) is 0 Å². The largest absolute Gasteiger partial charge is 0.482 e. The minimum absolute atomic E-state index is 0.0217. The molecule has 1 aromatic carbocycles. The standard InChI is InChI=1S/C14H14N4O4/c1-7(14-16-8(2)18-22-14)15-13(20)9-3-4-11-10(5-9)17-12(19)6-21-11/h3-5,7H,6H2,1-2H3,(H,15,20)(H,17,19). The number of benzene rings is 1. The van der Waals surface area contributed by atoms with Crippen LogP contribution in [0.15, 0.2) is 22.7 Å². The highest BCUT2D eigenvalue weighted by molar-refractivity contribution is 5.99. The number of carbonyl (C=O) groups excluding carboxylic acids is 2. The third-order valence-electron chi connectivity index (χ3n) is 3.14. The molecule has 0 aliphatic carbocycles. The maximum absolute atomic E-state index is 12.2. The Bertz CT molecular complexity index is 740. The first kappa shape index (κ1) is 14.1. The monoisotopic (exact) mass is 302 g/mol. The van der Waals surface area contributed by atoms with Crippen LogP contribution in [0, 0.1) is 6.92 Å². The van der Waals surface area contributed by atoms with Crippen molar-refractivity contribution in [3.8, 4) is 5.75 Å². The molecule has 2 N–H and O–H groups in total. The number of rotatable bonds is 3. The summed E-state index contributed by atoms with van der Waals surface area (Å²) in [6.07, 6.45) is 0. The van der Waals surface area contributed by atoms with Crippen LogP contribution in [0.2, 0.25) is 0 Å². The SMILES string of the molecule is Cc1noc(C(C)NC(=O)c2ccc3c(c2)NC(=O)CO3)n1. The Morgan fingerprint density at radius 1 is 1.45 bits per heavy atom. The van der Waals surface area contributed by atoms with Gasteiger partial charge in [0.25, 0.3) is 11.8 Å². The van der Waals surface area contributed by atoms with Crippen LogP contribution in [0.4, 0.5) is 5.69 Å². The number of hydrogen-bond donors (Lipinski definition) is 2. The van der Waals surface area contributed by atoms with Gasteiger partial charge in [0, 0.05) is 5.56 Å². The first-order chi connectivity index (χ1) is 10.5. The molecule has 1 atom stereocenters. The summed E-state index contributed by atoms with van der Waals surface area (Å²) in [6.45, 7) is 3.42. The molecule has 2 amide bonds. The van der Waals surface area contributed by atoms with Gasteiger partial charge in [-0.15, -0.1) is 0 Å². The van der Waals surface area contributed by atoms with E-state index in [1.54, 1.807) is 32.0 Å². The Morgan fingerprint density at radius 3 is 3.00 bits per heavy atom. The normalized spacial score (nSPS) is 14.5. The van der Waals surface area contributed by atoms with Crippen molar-refractivity contribution in [1.29, 1.82) is 0 Å². The molecule has 1 aliphatic heterocycles. The minimum Gasteiger partial charge on any atom is -0.482 e. The van der Waals surface area contributed by atoms with E-state index in [4.69, 9.17) is 9.26 Å². The van der Waals surface area contributed by atoms with Crippen LogP contribution < -0.4 is 15.4 Å². The lowest BCUT2D eigenvalue weighted by molar-refractivity contribution is -0.118. The second-order valence-corrected chi connectivity index (χ2v) is 4.92. The van der Waals surface area contributed by atoms with Crippen LogP contribution >= 0.6 is 0 Å². The molecule has 1 aromatic heterocycles. The van der Waals surface area contributed by atoms with Gasteiger partial charge in [-0.25, -0.2) is 0 Å². The van der Waals surface area contributed by atoms with Crippen molar-refractivity contribution in [2.45, 2.75) is 19.9 Å². The Balaban J connectivity index is 1.75. The quantitative estimate of drug-likeness (QED) is 0.882. The molecule has 2 aromatic rings. The fraction of sp³-hybridized carbons (Fsp3) is 0.286. The molecular formula is C14H14N4O4. The molecule has 1 aliphatic rings. The van der Waals surface area contributed by atoms with Crippen LogP contribution in [0.5, 0.6) is 5.75 Å². The first-order valence-corrected chi connectivity index (χ1v) is 6.70. The molecule has 2 heterocycles. The molecule has 22 heavy (non-hydrogen) atoms. The number of carbonyl (C=O) groups is 2. The Kier molecular flexibility index (Phi) is 3.50. The van der Waals surface area contributed by atoms with Crippen molar-refractivity contribution < 1.29 is 18.8 Å². The molecule has 0 radical (unpaired) electrons. The van der Waals surface area contributed by atoms with E-state index < -0.39 is 6.04 Å². The molecule has 8 heteroatoms. The zero-order valence-corrected chi connectivity index (χ0v) is 12.0. The van der Waals surface area contributed by atoms with E-state index in [1.807, 2.05) is 0 Å². The number of nitrogens with zero attached hydrogens (tertiary/aromatic N) is 2. The Labute approximate surface area is 125 Å². The number of ether oxygens (including phenoxy) is 1. The lowest BCUT2D eigenvalue weighted by atomic mass is 10.1. The van der Waals surface area contributed by atoms with Crippen molar-refractivity contribution in [3.63, 3.8) is 0 Å². The summed E-state index contributed by atoms with van der Waals surface area (Å²) in [5.41, 5.74) is 0.873. The summed E-state index contributed by atoms with van der Waals surface area (Å²) >= 11 is 0. The lowest BCUT2D eigenvalue weighted by Crippen LogP contribution is -2.28. The van der Waals surface area contributed by atoms with Crippen LogP contribution in [-0.4, -0.2) is 28.6 Å². The van der Waals surface area contributed by atoms with E-state index in [9.17, 15) is 9.59 Å². The third kappa shape index (κ3) is 2.76. The van der Waals surface area contributed by atoms with Gasteiger partial charge < -0.3 is 19.9 Å². The highest BCUT2D eigenvalue weighted by atomic mass is 16.5. The first-order valence-electron chi connectivity index (χ1n) is 6.70.